The number of carbonyl (C=O) groups excluding carboxylic acids is 2. The Bertz CT molecular complexity index is 634. The lowest BCUT2D eigenvalue weighted by Gasteiger charge is -2.36. The molecule has 24 heavy (non-hydrogen) atoms. The van der Waals surface area contributed by atoms with E-state index in [0.29, 0.717) is 38.0 Å². The van der Waals surface area contributed by atoms with Crippen molar-refractivity contribution >= 4 is 17.5 Å². The first-order valence-electron chi connectivity index (χ1n) is 8.43. The molecule has 128 valence electrons. The average Bonchev–Trinajstić information content (AvgIpc) is 3.00. The fraction of sp³-hybridized carbons (Fsp3) is 0.444. The molecule has 1 spiro atoms. The molecule has 0 saturated carbocycles. The highest BCUT2D eigenvalue weighted by Gasteiger charge is 2.40. The number of nitrogens with one attached hydrogen (secondary N) is 2. The van der Waals surface area contributed by atoms with Gasteiger partial charge in [0.1, 0.15) is 11.3 Å². The second-order valence-corrected chi connectivity index (χ2v) is 6.28. The Morgan fingerprint density at radius 2 is 1.96 bits per heavy atom. The van der Waals surface area contributed by atoms with Crippen molar-refractivity contribution < 1.29 is 14.4 Å². The van der Waals surface area contributed by atoms with Gasteiger partial charge in [0.15, 0.2) is 0 Å². The number of para-hydroxylation sites is 1. The molecule has 0 bridgehead atoms. The maximum atomic E-state index is 12.3. The molecule has 1 aromatic carbocycles. The van der Waals surface area contributed by atoms with Crippen molar-refractivity contribution in [3.63, 3.8) is 0 Å². The Morgan fingerprint density at radius 1 is 1.25 bits per heavy atom. The number of hydrogen-bond donors (Lipinski definition) is 2. The maximum Gasteiger partial charge on any atom is 0.273 e. The smallest absolute Gasteiger partial charge is 0.273 e. The van der Waals surface area contributed by atoms with Crippen LogP contribution in [0.15, 0.2) is 42.1 Å². The number of likely N-dealkylation sites (tertiary alicyclic amines) is 1. The largest absolute Gasteiger partial charge is 0.342 e. The average molecular weight is 329 g/mol. The summed E-state index contributed by atoms with van der Waals surface area (Å²) in [4.78, 5) is 31.9. The highest BCUT2D eigenvalue weighted by atomic mass is 16.7. The van der Waals surface area contributed by atoms with Crippen LogP contribution in [-0.4, -0.2) is 35.4 Å². The summed E-state index contributed by atoms with van der Waals surface area (Å²) in [6.07, 6.45) is 4.69. The second kappa shape index (κ2) is 7.05. The quantitative estimate of drug-likeness (QED) is 0.888. The fourth-order valence-electron chi connectivity index (χ4n) is 3.06. The summed E-state index contributed by atoms with van der Waals surface area (Å²) in [7, 11) is 0. The molecule has 3 rings (SSSR count). The second-order valence-electron chi connectivity index (χ2n) is 6.28. The number of hydroxylamine groups is 1. The number of benzene rings is 1. The highest BCUT2D eigenvalue weighted by Crippen LogP contribution is 2.32. The molecule has 0 unspecified atom stereocenters. The SMILES string of the molecule is CCCC(=O)N1CCC2(C=C(C(=O)Nc3ccccc3)NO2)CC1. The molecular weight excluding hydrogens is 306 g/mol. The minimum atomic E-state index is -0.494. The van der Waals surface area contributed by atoms with Crippen LogP contribution >= 0.6 is 0 Å². The Hall–Kier alpha value is -2.34. The lowest BCUT2D eigenvalue weighted by Crippen LogP contribution is -2.46. The Labute approximate surface area is 141 Å². The third-order valence-corrected chi connectivity index (χ3v) is 4.47. The van der Waals surface area contributed by atoms with Crippen LogP contribution in [0.1, 0.15) is 32.6 Å². The van der Waals surface area contributed by atoms with E-state index in [0.717, 1.165) is 12.1 Å². The fourth-order valence-corrected chi connectivity index (χ4v) is 3.06. The summed E-state index contributed by atoms with van der Waals surface area (Å²) in [5.41, 5.74) is 3.42. The molecule has 1 fully saturated rings. The summed E-state index contributed by atoms with van der Waals surface area (Å²) in [5.74, 6) is -0.0214. The summed E-state index contributed by atoms with van der Waals surface area (Å²) in [5, 5.41) is 2.84. The number of hydrogen-bond acceptors (Lipinski definition) is 4. The number of piperidine rings is 1. The predicted octanol–water partition coefficient (Wildman–Crippen LogP) is 2.21. The van der Waals surface area contributed by atoms with Crippen molar-refractivity contribution in [3.05, 3.63) is 42.1 Å². The van der Waals surface area contributed by atoms with Crippen LogP contribution in [0.4, 0.5) is 5.69 Å². The molecule has 1 saturated heterocycles. The minimum absolute atomic E-state index is 0.198. The number of rotatable bonds is 4. The molecule has 2 amide bonds. The van der Waals surface area contributed by atoms with Crippen LogP contribution in [0.25, 0.3) is 0 Å². The van der Waals surface area contributed by atoms with Crippen LogP contribution in [0.5, 0.6) is 0 Å². The molecule has 2 aliphatic heterocycles. The van der Waals surface area contributed by atoms with Crippen molar-refractivity contribution in [3.8, 4) is 0 Å². The van der Waals surface area contributed by atoms with Gasteiger partial charge in [-0.3, -0.25) is 19.9 Å². The molecule has 0 aliphatic carbocycles. The van der Waals surface area contributed by atoms with Crippen LogP contribution < -0.4 is 10.8 Å². The van der Waals surface area contributed by atoms with Crippen molar-refractivity contribution in [1.82, 2.24) is 10.4 Å². The van der Waals surface area contributed by atoms with Gasteiger partial charge >= 0.3 is 0 Å². The Balaban J connectivity index is 1.59. The van der Waals surface area contributed by atoms with E-state index in [9.17, 15) is 9.59 Å². The lowest BCUT2D eigenvalue weighted by molar-refractivity contribution is -0.137. The summed E-state index contributed by atoms with van der Waals surface area (Å²) < 4.78 is 0. The summed E-state index contributed by atoms with van der Waals surface area (Å²) in [6.45, 7) is 3.32. The number of carbonyl (C=O) groups is 2. The molecular formula is C18H23N3O3. The molecule has 1 aromatic rings. The number of amides is 2. The standard InChI is InChI=1S/C18H23N3O3/c1-2-6-16(22)21-11-9-18(10-12-21)13-15(20-24-18)17(23)19-14-7-4-3-5-8-14/h3-5,7-8,13,20H,2,6,9-12H2,1H3,(H,19,23). The molecule has 0 atom stereocenters. The van der Waals surface area contributed by atoms with Gasteiger partial charge < -0.3 is 10.2 Å². The van der Waals surface area contributed by atoms with E-state index < -0.39 is 5.60 Å². The third kappa shape index (κ3) is 3.59. The minimum Gasteiger partial charge on any atom is -0.342 e. The molecule has 2 heterocycles. The first-order chi connectivity index (χ1) is 11.6. The lowest BCUT2D eigenvalue weighted by atomic mass is 9.90. The van der Waals surface area contributed by atoms with E-state index in [2.05, 4.69) is 10.8 Å². The van der Waals surface area contributed by atoms with Gasteiger partial charge in [-0.05, 0) is 24.6 Å². The monoisotopic (exact) mass is 329 g/mol. The summed E-state index contributed by atoms with van der Waals surface area (Å²) in [6, 6.07) is 9.30. The molecule has 6 heteroatoms. The zero-order valence-electron chi connectivity index (χ0n) is 13.9. The van der Waals surface area contributed by atoms with Crippen LogP contribution in [0, 0.1) is 0 Å². The predicted molar refractivity (Wildman–Crippen MR) is 90.8 cm³/mol. The van der Waals surface area contributed by atoms with E-state index in [1.54, 1.807) is 0 Å². The van der Waals surface area contributed by atoms with Crippen molar-refractivity contribution in [2.45, 2.75) is 38.2 Å². The van der Waals surface area contributed by atoms with E-state index in [1.165, 1.54) is 0 Å². The van der Waals surface area contributed by atoms with Crippen LogP contribution in [0.2, 0.25) is 0 Å². The Kier molecular flexibility index (Phi) is 4.85. The topological polar surface area (TPSA) is 70.7 Å². The van der Waals surface area contributed by atoms with Gasteiger partial charge in [-0.1, -0.05) is 25.1 Å². The van der Waals surface area contributed by atoms with Gasteiger partial charge in [0, 0.05) is 38.0 Å². The van der Waals surface area contributed by atoms with E-state index >= 15 is 0 Å². The van der Waals surface area contributed by atoms with Gasteiger partial charge in [0.2, 0.25) is 5.91 Å². The molecule has 0 radical (unpaired) electrons. The van der Waals surface area contributed by atoms with E-state index in [-0.39, 0.29) is 11.8 Å². The zero-order valence-corrected chi connectivity index (χ0v) is 13.9. The Morgan fingerprint density at radius 3 is 2.62 bits per heavy atom. The number of nitrogens with zero attached hydrogens (tertiary/aromatic N) is 1. The molecule has 6 nitrogen and oxygen atoms in total. The van der Waals surface area contributed by atoms with Gasteiger partial charge in [-0.2, -0.15) is 0 Å². The summed E-state index contributed by atoms with van der Waals surface area (Å²) >= 11 is 0. The molecule has 2 N–H and O–H groups in total. The van der Waals surface area contributed by atoms with Gasteiger partial charge in [0.25, 0.3) is 5.91 Å². The van der Waals surface area contributed by atoms with Crippen LogP contribution in [0.3, 0.4) is 0 Å². The zero-order chi connectivity index (χ0) is 17.0. The van der Waals surface area contributed by atoms with E-state index in [4.69, 9.17) is 4.84 Å². The molecule has 0 aromatic heterocycles. The van der Waals surface area contributed by atoms with Gasteiger partial charge in [-0.15, -0.1) is 0 Å². The number of anilines is 1. The van der Waals surface area contributed by atoms with Crippen molar-refractivity contribution in [2.75, 3.05) is 18.4 Å². The third-order valence-electron chi connectivity index (χ3n) is 4.47. The first kappa shape index (κ1) is 16.5. The molecule has 2 aliphatic rings. The highest BCUT2D eigenvalue weighted by molar-refractivity contribution is 6.03. The van der Waals surface area contributed by atoms with Gasteiger partial charge in [0.05, 0.1) is 0 Å². The first-order valence-corrected chi connectivity index (χ1v) is 8.43. The normalized spacial score (nSPS) is 18.9. The van der Waals surface area contributed by atoms with Crippen molar-refractivity contribution in [1.29, 1.82) is 0 Å². The van der Waals surface area contributed by atoms with Crippen LogP contribution in [-0.2, 0) is 14.4 Å². The van der Waals surface area contributed by atoms with Crippen molar-refractivity contribution in [2.24, 2.45) is 0 Å². The van der Waals surface area contributed by atoms with Gasteiger partial charge in [-0.25, -0.2) is 0 Å². The maximum absolute atomic E-state index is 12.3. The van der Waals surface area contributed by atoms with E-state index in [1.807, 2.05) is 48.2 Å².